The Balaban J connectivity index is 1.80. The van der Waals surface area contributed by atoms with Gasteiger partial charge in [0, 0.05) is 11.8 Å². The molecule has 0 aliphatic rings. The standard InChI is InChI=1S/C28H31NO5/c1-7-32-27(31)25-19(3)29-18(2)16-24(25)33-17-20-12-14-21(15-13-20)22-10-8-9-11-23(22)26(30)34-28(4,5)6/h8-16H,7,17H2,1-6H3. The average molecular weight is 462 g/mol. The van der Waals surface area contributed by atoms with Gasteiger partial charge in [0.1, 0.15) is 23.5 Å². The van der Waals surface area contributed by atoms with Crippen molar-refractivity contribution in [1.29, 1.82) is 0 Å². The van der Waals surface area contributed by atoms with Crippen LogP contribution in [-0.2, 0) is 16.1 Å². The molecule has 0 spiro atoms. The van der Waals surface area contributed by atoms with Gasteiger partial charge < -0.3 is 14.2 Å². The lowest BCUT2D eigenvalue weighted by Crippen LogP contribution is -2.24. The molecule has 0 N–H and O–H groups in total. The molecular formula is C28H31NO5. The van der Waals surface area contributed by atoms with Crippen LogP contribution in [0.15, 0.2) is 54.6 Å². The molecule has 0 atom stereocenters. The second kappa shape index (κ2) is 10.5. The molecule has 3 aromatic rings. The lowest BCUT2D eigenvalue weighted by molar-refractivity contribution is 0.00701. The van der Waals surface area contributed by atoms with Gasteiger partial charge in [0.25, 0.3) is 0 Å². The van der Waals surface area contributed by atoms with E-state index in [4.69, 9.17) is 14.2 Å². The summed E-state index contributed by atoms with van der Waals surface area (Å²) in [5.74, 6) is -0.357. The summed E-state index contributed by atoms with van der Waals surface area (Å²) in [5, 5.41) is 0. The van der Waals surface area contributed by atoms with Crippen molar-refractivity contribution in [2.24, 2.45) is 0 Å². The minimum atomic E-state index is -0.572. The number of aromatic nitrogens is 1. The van der Waals surface area contributed by atoms with Crippen molar-refractivity contribution in [1.82, 2.24) is 4.98 Å². The third-order valence-electron chi connectivity index (χ3n) is 4.98. The number of carbonyl (C=O) groups excluding carboxylic acids is 2. The van der Waals surface area contributed by atoms with Crippen molar-refractivity contribution in [3.8, 4) is 16.9 Å². The van der Waals surface area contributed by atoms with Crippen molar-refractivity contribution in [3.05, 3.63) is 82.7 Å². The Morgan fingerprint density at radius 2 is 1.62 bits per heavy atom. The van der Waals surface area contributed by atoms with Crippen LogP contribution < -0.4 is 4.74 Å². The molecular weight excluding hydrogens is 430 g/mol. The van der Waals surface area contributed by atoms with Gasteiger partial charge in [-0.2, -0.15) is 0 Å². The molecule has 0 amide bonds. The molecule has 0 aliphatic carbocycles. The number of nitrogens with zero attached hydrogens (tertiary/aromatic N) is 1. The van der Waals surface area contributed by atoms with Crippen molar-refractivity contribution in [2.45, 2.75) is 53.8 Å². The summed E-state index contributed by atoms with van der Waals surface area (Å²) in [7, 11) is 0. The molecule has 0 unspecified atom stereocenters. The maximum absolute atomic E-state index is 12.7. The number of esters is 2. The van der Waals surface area contributed by atoms with Gasteiger partial charge >= 0.3 is 11.9 Å². The number of ether oxygens (including phenoxy) is 3. The van der Waals surface area contributed by atoms with E-state index in [-0.39, 0.29) is 19.2 Å². The molecule has 0 radical (unpaired) electrons. The molecule has 0 aliphatic heterocycles. The van der Waals surface area contributed by atoms with Gasteiger partial charge in [-0.1, -0.05) is 42.5 Å². The fourth-order valence-electron chi connectivity index (χ4n) is 3.55. The zero-order valence-electron chi connectivity index (χ0n) is 20.6. The van der Waals surface area contributed by atoms with Gasteiger partial charge in [0.15, 0.2) is 0 Å². The maximum Gasteiger partial charge on any atom is 0.343 e. The van der Waals surface area contributed by atoms with Crippen molar-refractivity contribution in [3.63, 3.8) is 0 Å². The summed E-state index contributed by atoms with van der Waals surface area (Å²) in [4.78, 5) is 29.5. The minimum Gasteiger partial charge on any atom is -0.488 e. The van der Waals surface area contributed by atoms with Crippen molar-refractivity contribution >= 4 is 11.9 Å². The molecule has 0 saturated heterocycles. The third kappa shape index (κ3) is 6.22. The highest BCUT2D eigenvalue weighted by Crippen LogP contribution is 2.28. The van der Waals surface area contributed by atoms with E-state index < -0.39 is 11.6 Å². The summed E-state index contributed by atoms with van der Waals surface area (Å²) < 4.78 is 16.7. The number of aryl methyl sites for hydroxylation is 2. The summed E-state index contributed by atoms with van der Waals surface area (Å²) in [6, 6.07) is 16.9. The van der Waals surface area contributed by atoms with Crippen LogP contribution in [0.2, 0.25) is 0 Å². The molecule has 0 bridgehead atoms. The Bertz CT molecular complexity index is 1180. The van der Waals surface area contributed by atoms with E-state index in [0.29, 0.717) is 22.6 Å². The van der Waals surface area contributed by atoms with Crippen LogP contribution in [0, 0.1) is 13.8 Å². The van der Waals surface area contributed by atoms with E-state index in [0.717, 1.165) is 22.4 Å². The van der Waals surface area contributed by atoms with Crippen LogP contribution in [0.5, 0.6) is 5.75 Å². The first-order chi connectivity index (χ1) is 16.1. The fourth-order valence-corrected chi connectivity index (χ4v) is 3.55. The van der Waals surface area contributed by atoms with Gasteiger partial charge in [-0.3, -0.25) is 4.98 Å². The molecule has 0 fully saturated rings. The van der Waals surface area contributed by atoms with E-state index in [1.165, 1.54) is 0 Å². The molecule has 178 valence electrons. The normalized spacial score (nSPS) is 11.1. The average Bonchev–Trinajstić information content (AvgIpc) is 2.76. The first-order valence-electron chi connectivity index (χ1n) is 11.3. The highest BCUT2D eigenvalue weighted by Gasteiger charge is 2.21. The van der Waals surface area contributed by atoms with Crippen molar-refractivity contribution in [2.75, 3.05) is 6.61 Å². The summed E-state index contributed by atoms with van der Waals surface area (Å²) in [6.07, 6.45) is 0. The van der Waals surface area contributed by atoms with E-state index >= 15 is 0 Å². The van der Waals surface area contributed by atoms with Crippen LogP contribution in [0.1, 0.15) is 65.4 Å². The first-order valence-corrected chi connectivity index (χ1v) is 11.3. The number of carbonyl (C=O) groups is 2. The van der Waals surface area contributed by atoms with E-state index in [1.54, 1.807) is 26.0 Å². The minimum absolute atomic E-state index is 0.267. The summed E-state index contributed by atoms with van der Waals surface area (Å²) in [5.41, 5.74) is 4.23. The summed E-state index contributed by atoms with van der Waals surface area (Å²) >= 11 is 0. The predicted molar refractivity (Wildman–Crippen MR) is 131 cm³/mol. The molecule has 3 rings (SSSR count). The van der Waals surface area contributed by atoms with Crippen LogP contribution in [0.25, 0.3) is 11.1 Å². The number of hydrogen-bond acceptors (Lipinski definition) is 6. The van der Waals surface area contributed by atoms with Crippen LogP contribution >= 0.6 is 0 Å². The van der Waals surface area contributed by atoms with E-state index in [1.807, 2.05) is 70.2 Å². The lowest BCUT2D eigenvalue weighted by atomic mass is 9.98. The third-order valence-corrected chi connectivity index (χ3v) is 4.98. The van der Waals surface area contributed by atoms with Gasteiger partial charge in [0.05, 0.1) is 17.9 Å². The SMILES string of the molecule is CCOC(=O)c1c(OCc2ccc(-c3ccccc3C(=O)OC(C)(C)C)cc2)cc(C)nc1C. The monoisotopic (exact) mass is 461 g/mol. The summed E-state index contributed by atoms with van der Waals surface area (Å²) in [6.45, 7) is 11.5. The zero-order chi connectivity index (χ0) is 24.9. The quantitative estimate of drug-likeness (QED) is 0.397. The number of pyridine rings is 1. The smallest absolute Gasteiger partial charge is 0.343 e. The van der Waals surface area contributed by atoms with Gasteiger partial charge in [-0.25, -0.2) is 9.59 Å². The van der Waals surface area contributed by atoms with Crippen LogP contribution in [0.4, 0.5) is 0 Å². The van der Waals surface area contributed by atoms with Gasteiger partial charge in [-0.15, -0.1) is 0 Å². The zero-order valence-corrected chi connectivity index (χ0v) is 20.6. The molecule has 34 heavy (non-hydrogen) atoms. The number of rotatable bonds is 7. The van der Waals surface area contributed by atoms with Gasteiger partial charge in [-0.05, 0) is 64.3 Å². The van der Waals surface area contributed by atoms with Crippen molar-refractivity contribution < 1.29 is 23.8 Å². The molecule has 1 heterocycles. The Morgan fingerprint density at radius 3 is 2.26 bits per heavy atom. The van der Waals surface area contributed by atoms with E-state index in [2.05, 4.69) is 4.98 Å². The van der Waals surface area contributed by atoms with Crippen LogP contribution in [0.3, 0.4) is 0 Å². The number of hydrogen-bond donors (Lipinski definition) is 0. The first kappa shape index (κ1) is 25.0. The fraction of sp³-hybridized carbons (Fsp3) is 0.321. The number of benzene rings is 2. The van der Waals surface area contributed by atoms with Crippen LogP contribution in [-0.4, -0.2) is 29.1 Å². The second-order valence-corrected chi connectivity index (χ2v) is 8.98. The molecule has 6 heteroatoms. The Labute approximate surface area is 200 Å². The lowest BCUT2D eigenvalue weighted by Gasteiger charge is -2.20. The Kier molecular flexibility index (Phi) is 7.72. The maximum atomic E-state index is 12.7. The Morgan fingerprint density at radius 1 is 0.941 bits per heavy atom. The molecule has 0 saturated carbocycles. The predicted octanol–water partition coefficient (Wildman–Crippen LogP) is 6.08. The molecule has 2 aromatic carbocycles. The second-order valence-electron chi connectivity index (χ2n) is 8.98. The largest absolute Gasteiger partial charge is 0.488 e. The topological polar surface area (TPSA) is 74.7 Å². The Hall–Kier alpha value is -3.67. The molecule has 6 nitrogen and oxygen atoms in total. The van der Waals surface area contributed by atoms with Gasteiger partial charge in [0.2, 0.25) is 0 Å². The van der Waals surface area contributed by atoms with E-state index in [9.17, 15) is 9.59 Å². The molecule has 1 aromatic heterocycles. The highest BCUT2D eigenvalue weighted by molar-refractivity contribution is 5.97. The highest BCUT2D eigenvalue weighted by atomic mass is 16.6.